The number of phenols is 2. The highest BCUT2D eigenvalue weighted by molar-refractivity contribution is 5.66. The Labute approximate surface area is 198 Å². The molecular weight excluding hydrogens is 412 g/mol. The molecule has 1 unspecified atom stereocenters. The number of carboxylic acids is 1. The number of phenolic OH excluding ortho intramolecular Hbond substituents is 2. The van der Waals surface area contributed by atoms with Crippen molar-refractivity contribution in [2.75, 3.05) is 0 Å². The third kappa shape index (κ3) is 5.05. The highest BCUT2D eigenvalue weighted by atomic mass is 16.4. The third-order valence-electron chi connectivity index (χ3n) is 7.42. The molecule has 3 N–H and O–H groups in total. The Balaban J connectivity index is 2.30. The van der Waals surface area contributed by atoms with Crippen molar-refractivity contribution in [1.82, 2.24) is 0 Å². The molecule has 1 aliphatic carbocycles. The molecule has 1 atom stereocenters. The van der Waals surface area contributed by atoms with Gasteiger partial charge in [0.15, 0.2) is 0 Å². The lowest BCUT2D eigenvalue weighted by Crippen LogP contribution is -2.40. The van der Waals surface area contributed by atoms with Gasteiger partial charge in [-0.1, -0.05) is 78.6 Å². The van der Waals surface area contributed by atoms with Crippen LogP contribution in [0.1, 0.15) is 102 Å². The van der Waals surface area contributed by atoms with Crippen LogP contribution in [0.4, 0.5) is 0 Å². The monoisotopic (exact) mass is 452 g/mol. The van der Waals surface area contributed by atoms with Crippen LogP contribution in [-0.2, 0) is 21.0 Å². The minimum absolute atomic E-state index is 0.140. The maximum absolute atomic E-state index is 11.5. The zero-order valence-electron chi connectivity index (χ0n) is 21.0. The SMILES string of the molecule is CC(C)(C)c1cc(C2(c3ccc(O)c(C(C)(C)C)c3)CCCCC2CCC(=O)O)ccc1O. The molecular formula is C29H40O4. The standard InChI is InChI=1S/C29H40O4/c1-27(2,3)22-17-20(10-13-24(22)30)29(16-8-7-9-19(29)12-15-26(32)33)21-11-14-25(31)23(18-21)28(4,5)6/h10-11,13-14,17-19,30-31H,7-9,12,15-16H2,1-6H3,(H,32,33). The average Bonchev–Trinajstić information content (AvgIpc) is 2.71. The second-order valence-corrected chi connectivity index (χ2v) is 11.8. The fraction of sp³-hybridized carbons (Fsp3) is 0.552. The smallest absolute Gasteiger partial charge is 0.303 e. The van der Waals surface area contributed by atoms with Crippen molar-refractivity contribution in [2.24, 2.45) is 5.92 Å². The van der Waals surface area contributed by atoms with Crippen LogP contribution in [0.25, 0.3) is 0 Å². The molecule has 1 saturated carbocycles. The van der Waals surface area contributed by atoms with Crippen LogP contribution >= 0.6 is 0 Å². The van der Waals surface area contributed by atoms with Crippen LogP contribution < -0.4 is 0 Å². The molecule has 0 spiro atoms. The molecule has 0 aromatic heterocycles. The molecule has 180 valence electrons. The van der Waals surface area contributed by atoms with Gasteiger partial charge in [-0.2, -0.15) is 0 Å². The second-order valence-electron chi connectivity index (χ2n) is 11.8. The van der Waals surface area contributed by atoms with Gasteiger partial charge in [0.25, 0.3) is 0 Å². The molecule has 2 aromatic rings. The summed E-state index contributed by atoms with van der Waals surface area (Å²) in [6, 6.07) is 11.9. The lowest BCUT2D eigenvalue weighted by molar-refractivity contribution is -0.137. The summed E-state index contributed by atoms with van der Waals surface area (Å²) >= 11 is 0. The number of carbonyl (C=O) groups is 1. The number of hydrogen-bond donors (Lipinski definition) is 3. The van der Waals surface area contributed by atoms with Crippen molar-refractivity contribution in [2.45, 2.75) is 96.3 Å². The fourth-order valence-electron chi connectivity index (χ4n) is 5.69. The average molecular weight is 453 g/mol. The van der Waals surface area contributed by atoms with Crippen molar-refractivity contribution in [1.29, 1.82) is 0 Å². The van der Waals surface area contributed by atoms with E-state index in [-0.39, 0.29) is 28.6 Å². The zero-order valence-corrected chi connectivity index (χ0v) is 21.0. The summed E-state index contributed by atoms with van der Waals surface area (Å²) in [4.78, 5) is 11.5. The molecule has 3 rings (SSSR count). The number of hydrogen-bond acceptors (Lipinski definition) is 3. The molecule has 0 aliphatic heterocycles. The molecule has 2 aromatic carbocycles. The molecule has 0 bridgehead atoms. The number of rotatable bonds is 5. The first-order valence-corrected chi connectivity index (χ1v) is 12.2. The summed E-state index contributed by atoms with van der Waals surface area (Å²) in [5.41, 5.74) is 3.25. The lowest BCUT2D eigenvalue weighted by Gasteiger charge is -2.46. The first kappa shape index (κ1) is 25.1. The number of benzene rings is 2. The van der Waals surface area contributed by atoms with E-state index in [0.717, 1.165) is 47.9 Å². The van der Waals surface area contributed by atoms with Crippen LogP contribution in [0.15, 0.2) is 36.4 Å². The van der Waals surface area contributed by atoms with Crippen molar-refractivity contribution in [3.05, 3.63) is 58.7 Å². The van der Waals surface area contributed by atoms with E-state index in [9.17, 15) is 20.1 Å². The van der Waals surface area contributed by atoms with Gasteiger partial charge >= 0.3 is 5.97 Å². The molecule has 1 aliphatic rings. The van der Waals surface area contributed by atoms with Crippen LogP contribution in [0.3, 0.4) is 0 Å². The number of aliphatic carboxylic acids is 1. The molecule has 4 heteroatoms. The predicted molar refractivity (Wildman–Crippen MR) is 133 cm³/mol. The van der Waals surface area contributed by atoms with E-state index in [4.69, 9.17) is 0 Å². The van der Waals surface area contributed by atoms with Gasteiger partial charge in [-0.3, -0.25) is 4.79 Å². The van der Waals surface area contributed by atoms with Crippen LogP contribution in [0, 0.1) is 5.92 Å². The van der Waals surface area contributed by atoms with Gasteiger partial charge in [0.1, 0.15) is 11.5 Å². The molecule has 33 heavy (non-hydrogen) atoms. The van der Waals surface area contributed by atoms with E-state index in [1.807, 2.05) is 12.1 Å². The Morgan fingerprint density at radius 1 is 0.879 bits per heavy atom. The predicted octanol–water partition coefficient (Wildman–Crippen LogP) is 7.03. The summed E-state index contributed by atoms with van der Waals surface area (Å²) in [5, 5.41) is 30.7. The third-order valence-corrected chi connectivity index (χ3v) is 7.42. The first-order valence-electron chi connectivity index (χ1n) is 12.2. The molecule has 0 heterocycles. The Morgan fingerprint density at radius 2 is 1.36 bits per heavy atom. The van der Waals surface area contributed by atoms with E-state index < -0.39 is 5.97 Å². The zero-order chi connectivity index (χ0) is 24.6. The van der Waals surface area contributed by atoms with Crippen molar-refractivity contribution >= 4 is 5.97 Å². The Kier molecular flexibility index (Phi) is 6.89. The number of carboxylic acid groups (broad SMARTS) is 1. The topological polar surface area (TPSA) is 77.8 Å². The summed E-state index contributed by atoms with van der Waals surface area (Å²) in [6.07, 6.45) is 4.76. The van der Waals surface area contributed by atoms with Gasteiger partial charge in [0.05, 0.1) is 0 Å². The molecule has 0 radical (unpaired) electrons. The summed E-state index contributed by atoms with van der Waals surface area (Å²) in [5.74, 6) is -0.0190. The van der Waals surface area contributed by atoms with Crippen molar-refractivity contribution < 1.29 is 20.1 Å². The summed E-state index contributed by atoms with van der Waals surface area (Å²) in [6.45, 7) is 12.6. The molecule has 1 fully saturated rings. The van der Waals surface area contributed by atoms with E-state index in [2.05, 4.69) is 53.7 Å². The van der Waals surface area contributed by atoms with E-state index in [1.165, 1.54) is 0 Å². The quantitative estimate of drug-likeness (QED) is 0.455. The van der Waals surface area contributed by atoms with Gasteiger partial charge in [0, 0.05) is 11.8 Å². The van der Waals surface area contributed by atoms with Gasteiger partial charge in [-0.15, -0.1) is 0 Å². The minimum atomic E-state index is -0.767. The van der Waals surface area contributed by atoms with Gasteiger partial charge in [-0.25, -0.2) is 0 Å². The van der Waals surface area contributed by atoms with Gasteiger partial charge < -0.3 is 15.3 Å². The highest BCUT2D eigenvalue weighted by Crippen LogP contribution is 2.52. The maximum Gasteiger partial charge on any atom is 0.303 e. The van der Waals surface area contributed by atoms with Crippen LogP contribution in [0.2, 0.25) is 0 Å². The van der Waals surface area contributed by atoms with E-state index >= 15 is 0 Å². The van der Waals surface area contributed by atoms with Gasteiger partial charge in [0.2, 0.25) is 0 Å². The highest BCUT2D eigenvalue weighted by Gasteiger charge is 2.44. The minimum Gasteiger partial charge on any atom is -0.508 e. The number of aromatic hydroxyl groups is 2. The van der Waals surface area contributed by atoms with E-state index in [1.54, 1.807) is 12.1 Å². The Bertz CT molecular complexity index is 944. The normalized spacial score (nSPS) is 18.8. The summed E-state index contributed by atoms with van der Waals surface area (Å²) < 4.78 is 0. The second kappa shape index (κ2) is 9.04. The van der Waals surface area contributed by atoms with Crippen LogP contribution in [0.5, 0.6) is 11.5 Å². The van der Waals surface area contributed by atoms with Crippen molar-refractivity contribution in [3.63, 3.8) is 0 Å². The molecule has 4 nitrogen and oxygen atoms in total. The maximum atomic E-state index is 11.5. The van der Waals surface area contributed by atoms with E-state index in [0.29, 0.717) is 17.9 Å². The first-order chi connectivity index (χ1) is 15.3. The van der Waals surface area contributed by atoms with Gasteiger partial charge in [-0.05, 0) is 70.4 Å². The van der Waals surface area contributed by atoms with Crippen molar-refractivity contribution in [3.8, 4) is 11.5 Å². The summed E-state index contributed by atoms with van der Waals surface area (Å²) in [7, 11) is 0. The van der Waals surface area contributed by atoms with Crippen LogP contribution in [-0.4, -0.2) is 21.3 Å². The Morgan fingerprint density at radius 3 is 1.79 bits per heavy atom. The largest absolute Gasteiger partial charge is 0.508 e. The fourth-order valence-corrected chi connectivity index (χ4v) is 5.69. The molecule has 0 saturated heterocycles. The molecule has 0 amide bonds. The Hall–Kier alpha value is -2.49. The lowest BCUT2D eigenvalue weighted by atomic mass is 9.57.